The monoisotopic (exact) mass is 387 g/mol. The number of esters is 1. The number of hydrogen-bond donors (Lipinski definition) is 0. The average Bonchev–Trinajstić information content (AvgIpc) is 2.71. The predicted molar refractivity (Wildman–Crippen MR) is 94.3 cm³/mol. The standard InChI is InChI=1S/C19H17NO8/c21-18(6-12-1-2-16-17(5-12)26-4-3-25-16)27-10-14-8-15(20(22)23)7-13-9-24-11-28-19(13)14/h1-2,5,7-8H,3-4,6,9-11H2. The summed E-state index contributed by atoms with van der Waals surface area (Å²) < 4.78 is 26.9. The summed E-state index contributed by atoms with van der Waals surface area (Å²) in [5.41, 5.74) is 1.60. The van der Waals surface area contributed by atoms with Gasteiger partial charge in [0.2, 0.25) is 0 Å². The van der Waals surface area contributed by atoms with E-state index in [1.807, 2.05) is 0 Å². The van der Waals surface area contributed by atoms with E-state index in [-0.39, 0.29) is 32.1 Å². The van der Waals surface area contributed by atoms with Crippen molar-refractivity contribution in [3.05, 3.63) is 57.1 Å². The molecule has 9 heteroatoms. The minimum absolute atomic E-state index is 0.0394. The van der Waals surface area contributed by atoms with Crippen LogP contribution in [-0.2, 0) is 33.9 Å². The van der Waals surface area contributed by atoms with Gasteiger partial charge in [-0.1, -0.05) is 6.07 Å². The van der Waals surface area contributed by atoms with Gasteiger partial charge in [0, 0.05) is 23.3 Å². The fourth-order valence-corrected chi connectivity index (χ4v) is 3.07. The number of carbonyl (C=O) groups excluding carboxylic acids is 1. The average molecular weight is 387 g/mol. The molecule has 0 unspecified atom stereocenters. The van der Waals surface area contributed by atoms with Crippen molar-refractivity contribution in [3.8, 4) is 17.2 Å². The Hall–Kier alpha value is -3.33. The molecule has 0 amide bonds. The number of nitro groups is 1. The first-order chi connectivity index (χ1) is 13.6. The number of benzene rings is 2. The van der Waals surface area contributed by atoms with E-state index in [0.29, 0.717) is 41.6 Å². The lowest BCUT2D eigenvalue weighted by atomic mass is 10.1. The van der Waals surface area contributed by atoms with E-state index in [1.54, 1.807) is 18.2 Å². The van der Waals surface area contributed by atoms with Crippen molar-refractivity contribution in [2.24, 2.45) is 0 Å². The van der Waals surface area contributed by atoms with Gasteiger partial charge in [0.15, 0.2) is 18.3 Å². The highest BCUT2D eigenvalue weighted by atomic mass is 16.7. The molecule has 28 heavy (non-hydrogen) atoms. The fourth-order valence-electron chi connectivity index (χ4n) is 3.07. The van der Waals surface area contributed by atoms with E-state index in [4.69, 9.17) is 23.7 Å². The summed E-state index contributed by atoms with van der Waals surface area (Å²) in [4.78, 5) is 22.9. The van der Waals surface area contributed by atoms with Crippen molar-refractivity contribution in [2.45, 2.75) is 19.6 Å². The summed E-state index contributed by atoms with van der Waals surface area (Å²) in [5.74, 6) is 1.23. The number of hydrogen-bond acceptors (Lipinski definition) is 8. The van der Waals surface area contributed by atoms with Gasteiger partial charge in [-0.3, -0.25) is 14.9 Å². The second-order valence-electron chi connectivity index (χ2n) is 6.28. The summed E-state index contributed by atoms with van der Waals surface area (Å²) in [6, 6.07) is 8.01. The van der Waals surface area contributed by atoms with Crippen LogP contribution < -0.4 is 14.2 Å². The molecule has 0 aliphatic carbocycles. The minimum Gasteiger partial charge on any atom is -0.486 e. The van der Waals surface area contributed by atoms with Crippen LogP contribution in [0.2, 0.25) is 0 Å². The smallest absolute Gasteiger partial charge is 0.310 e. The van der Waals surface area contributed by atoms with Crippen LogP contribution >= 0.6 is 0 Å². The van der Waals surface area contributed by atoms with Crippen LogP contribution in [0, 0.1) is 10.1 Å². The number of nitrogens with zero attached hydrogens (tertiary/aromatic N) is 1. The van der Waals surface area contributed by atoms with Crippen molar-refractivity contribution < 1.29 is 33.4 Å². The molecule has 0 fully saturated rings. The van der Waals surface area contributed by atoms with Crippen molar-refractivity contribution in [2.75, 3.05) is 20.0 Å². The Morgan fingerprint density at radius 2 is 1.93 bits per heavy atom. The molecule has 9 nitrogen and oxygen atoms in total. The van der Waals surface area contributed by atoms with Gasteiger partial charge >= 0.3 is 5.97 Å². The molecule has 2 aromatic rings. The van der Waals surface area contributed by atoms with Crippen LogP contribution in [-0.4, -0.2) is 30.9 Å². The third-order valence-corrected chi connectivity index (χ3v) is 4.33. The predicted octanol–water partition coefficient (Wildman–Crippen LogP) is 2.52. The van der Waals surface area contributed by atoms with Gasteiger partial charge in [-0.2, -0.15) is 0 Å². The van der Waals surface area contributed by atoms with E-state index in [9.17, 15) is 14.9 Å². The lowest BCUT2D eigenvalue weighted by molar-refractivity contribution is -0.385. The molecule has 0 aromatic heterocycles. The van der Waals surface area contributed by atoms with E-state index in [2.05, 4.69) is 0 Å². The number of ether oxygens (including phenoxy) is 5. The SMILES string of the molecule is O=C(Cc1ccc2c(c1)OCCO2)OCc1cc([N+](=O)[O-])cc2c1OCOC2. The number of carbonyl (C=O) groups is 1. The topological polar surface area (TPSA) is 106 Å². The third-order valence-electron chi connectivity index (χ3n) is 4.33. The van der Waals surface area contributed by atoms with E-state index in [0.717, 1.165) is 5.56 Å². The zero-order valence-corrected chi connectivity index (χ0v) is 14.8. The lowest BCUT2D eigenvalue weighted by Gasteiger charge is -2.20. The summed E-state index contributed by atoms with van der Waals surface area (Å²) in [7, 11) is 0. The summed E-state index contributed by atoms with van der Waals surface area (Å²) in [5, 5.41) is 11.1. The lowest BCUT2D eigenvalue weighted by Crippen LogP contribution is -2.16. The Morgan fingerprint density at radius 3 is 2.75 bits per heavy atom. The Balaban J connectivity index is 1.45. The summed E-state index contributed by atoms with van der Waals surface area (Å²) in [6.07, 6.45) is 0.0394. The highest BCUT2D eigenvalue weighted by Gasteiger charge is 2.22. The van der Waals surface area contributed by atoms with Gasteiger partial charge in [0.25, 0.3) is 5.69 Å². The van der Waals surface area contributed by atoms with E-state index >= 15 is 0 Å². The largest absolute Gasteiger partial charge is 0.486 e. The zero-order valence-electron chi connectivity index (χ0n) is 14.8. The van der Waals surface area contributed by atoms with Crippen molar-refractivity contribution in [1.29, 1.82) is 0 Å². The highest BCUT2D eigenvalue weighted by Crippen LogP contribution is 2.33. The molecule has 0 atom stereocenters. The first-order valence-electron chi connectivity index (χ1n) is 8.65. The molecule has 146 valence electrons. The fraction of sp³-hybridized carbons (Fsp3) is 0.316. The zero-order chi connectivity index (χ0) is 19.5. The third kappa shape index (κ3) is 3.84. The second-order valence-corrected chi connectivity index (χ2v) is 6.28. The van der Waals surface area contributed by atoms with Gasteiger partial charge < -0.3 is 23.7 Å². The molecule has 4 rings (SSSR count). The second kappa shape index (κ2) is 7.73. The van der Waals surface area contributed by atoms with Crippen LogP contribution in [0.4, 0.5) is 5.69 Å². The van der Waals surface area contributed by atoms with E-state index < -0.39 is 10.9 Å². The molecule has 0 bridgehead atoms. The maximum atomic E-state index is 12.2. The summed E-state index contributed by atoms with van der Waals surface area (Å²) >= 11 is 0. The molecule has 0 radical (unpaired) electrons. The van der Waals surface area contributed by atoms with Crippen LogP contribution in [0.5, 0.6) is 17.2 Å². The normalized spacial score (nSPS) is 14.6. The molecule has 0 spiro atoms. The Morgan fingerprint density at radius 1 is 1.11 bits per heavy atom. The molecule has 2 aliphatic rings. The van der Waals surface area contributed by atoms with Gasteiger partial charge in [0.1, 0.15) is 25.6 Å². The first kappa shape index (κ1) is 18.1. The highest BCUT2D eigenvalue weighted by molar-refractivity contribution is 5.73. The Labute approximate surface area is 159 Å². The van der Waals surface area contributed by atoms with Gasteiger partial charge in [-0.05, 0) is 17.7 Å². The van der Waals surface area contributed by atoms with Gasteiger partial charge in [-0.15, -0.1) is 0 Å². The molecular formula is C19H17NO8. The molecule has 0 saturated carbocycles. The molecule has 0 N–H and O–H groups in total. The number of nitro benzene ring substituents is 1. The quantitative estimate of drug-likeness (QED) is 0.438. The maximum Gasteiger partial charge on any atom is 0.310 e. The van der Waals surface area contributed by atoms with Crippen LogP contribution in [0.25, 0.3) is 0 Å². The number of non-ortho nitro benzene ring substituents is 1. The minimum atomic E-state index is -0.505. The van der Waals surface area contributed by atoms with Crippen molar-refractivity contribution in [1.82, 2.24) is 0 Å². The van der Waals surface area contributed by atoms with Crippen molar-refractivity contribution in [3.63, 3.8) is 0 Å². The van der Waals surface area contributed by atoms with Crippen molar-refractivity contribution >= 4 is 11.7 Å². The Bertz CT molecular complexity index is 926. The van der Waals surface area contributed by atoms with Crippen LogP contribution in [0.3, 0.4) is 0 Å². The molecule has 2 aliphatic heterocycles. The molecule has 0 saturated heterocycles. The van der Waals surface area contributed by atoms with Crippen LogP contribution in [0.1, 0.15) is 16.7 Å². The number of rotatable bonds is 5. The summed E-state index contributed by atoms with van der Waals surface area (Å²) in [6.45, 7) is 1.07. The molecular weight excluding hydrogens is 370 g/mol. The van der Waals surface area contributed by atoms with Gasteiger partial charge in [-0.25, -0.2) is 0 Å². The molecule has 2 aromatic carbocycles. The van der Waals surface area contributed by atoms with Crippen LogP contribution in [0.15, 0.2) is 30.3 Å². The van der Waals surface area contributed by atoms with Gasteiger partial charge in [0.05, 0.1) is 18.0 Å². The number of fused-ring (bicyclic) bond motifs is 2. The Kier molecular flexibility index (Phi) is 4.98. The first-order valence-corrected chi connectivity index (χ1v) is 8.65. The maximum absolute atomic E-state index is 12.2. The molecule has 2 heterocycles. The van der Waals surface area contributed by atoms with E-state index in [1.165, 1.54) is 12.1 Å².